The lowest BCUT2D eigenvalue weighted by molar-refractivity contribution is 0.0945. The molecule has 10 heteroatoms. The lowest BCUT2D eigenvalue weighted by atomic mass is 10.2. The summed E-state index contributed by atoms with van der Waals surface area (Å²) in [6.45, 7) is 0.507. The Morgan fingerprint density at radius 1 is 1.19 bits per heavy atom. The molecule has 1 saturated heterocycles. The number of sulfone groups is 1. The highest BCUT2D eigenvalue weighted by atomic mass is 32.2. The van der Waals surface area contributed by atoms with Crippen LogP contribution in [0, 0.1) is 0 Å². The molecule has 9 nitrogen and oxygen atoms in total. The number of nitrogens with one attached hydrogen (secondary N) is 2. The van der Waals surface area contributed by atoms with Crippen LogP contribution in [0.1, 0.15) is 22.5 Å². The number of carbonyl (C=O) groups is 1. The number of benzene rings is 1. The van der Waals surface area contributed by atoms with E-state index in [1.54, 1.807) is 6.07 Å². The summed E-state index contributed by atoms with van der Waals surface area (Å²) in [5.41, 5.74) is 1.07. The molecule has 142 valence electrons. The molecular formula is C17H18N4O5S. The molecule has 0 bridgehead atoms. The van der Waals surface area contributed by atoms with Gasteiger partial charge < -0.3 is 20.1 Å². The number of nitrogens with zero attached hydrogens (tertiary/aromatic N) is 2. The van der Waals surface area contributed by atoms with Crippen LogP contribution < -0.4 is 20.1 Å². The van der Waals surface area contributed by atoms with Gasteiger partial charge >= 0.3 is 0 Å². The SMILES string of the molecule is O=C(NCc1ccc2c(c1)OCO2)c1cc(NC2CCS(=O)(=O)C2)ncn1. The summed E-state index contributed by atoms with van der Waals surface area (Å²) in [4.78, 5) is 20.4. The minimum absolute atomic E-state index is 0.0721. The molecule has 0 saturated carbocycles. The molecule has 1 amide bonds. The number of carbonyl (C=O) groups excluding carboxylic acids is 1. The molecule has 2 aromatic rings. The number of ether oxygens (including phenoxy) is 2. The number of anilines is 1. The average Bonchev–Trinajstić information content (AvgIpc) is 3.25. The maximum Gasteiger partial charge on any atom is 0.270 e. The Hall–Kier alpha value is -2.88. The van der Waals surface area contributed by atoms with E-state index in [0.717, 1.165) is 5.56 Å². The standard InChI is InChI=1S/C17H18N4O5S/c22-17(18-7-11-1-2-14-15(5-11)26-10-25-14)13-6-16(20-9-19-13)21-12-3-4-27(23,24)8-12/h1-2,5-6,9,12H,3-4,7-8,10H2,(H,18,22)(H,19,20,21). The fourth-order valence-electron chi connectivity index (χ4n) is 3.00. The van der Waals surface area contributed by atoms with E-state index in [9.17, 15) is 13.2 Å². The summed E-state index contributed by atoms with van der Waals surface area (Å²) in [5.74, 6) is 1.66. The van der Waals surface area contributed by atoms with Gasteiger partial charge in [-0.1, -0.05) is 6.07 Å². The predicted molar refractivity (Wildman–Crippen MR) is 96.4 cm³/mol. The first-order valence-corrected chi connectivity index (χ1v) is 10.3. The van der Waals surface area contributed by atoms with E-state index in [2.05, 4.69) is 20.6 Å². The van der Waals surface area contributed by atoms with Crippen molar-refractivity contribution in [1.82, 2.24) is 15.3 Å². The molecule has 1 aromatic heterocycles. The van der Waals surface area contributed by atoms with Crippen molar-refractivity contribution >= 4 is 21.6 Å². The van der Waals surface area contributed by atoms with Crippen LogP contribution in [0.3, 0.4) is 0 Å². The first-order valence-electron chi connectivity index (χ1n) is 8.44. The van der Waals surface area contributed by atoms with Crippen molar-refractivity contribution in [2.75, 3.05) is 23.6 Å². The molecule has 1 fully saturated rings. The zero-order valence-corrected chi connectivity index (χ0v) is 15.2. The number of aromatic nitrogens is 2. The van der Waals surface area contributed by atoms with Gasteiger partial charge in [0.15, 0.2) is 21.3 Å². The molecule has 2 aliphatic heterocycles. The maximum absolute atomic E-state index is 12.4. The van der Waals surface area contributed by atoms with Crippen molar-refractivity contribution in [3.63, 3.8) is 0 Å². The van der Waals surface area contributed by atoms with Gasteiger partial charge in [-0.3, -0.25) is 4.79 Å². The molecule has 1 atom stereocenters. The monoisotopic (exact) mass is 390 g/mol. The van der Waals surface area contributed by atoms with Gasteiger partial charge in [0, 0.05) is 18.7 Å². The lowest BCUT2D eigenvalue weighted by Gasteiger charge is -2.12. The summed E-state index contributed by atoms with van der Waals surface area (Å²) < 4.78 is 33.7. The van der Waals surface area contributed by atoms with Crippen LogP contribution in [0.5, 0.6) is 11.5 Å². The Kier molecular flexibility index (Phi) is 4.56. The van der Waals surface area contributed by atoms with Crippen LogP contribution in [0.25, 0.3) is 0 Å². The van der Waals surface area contributed by atoms with Crippen molar-refractivity contribution in [2.45, 2.75) is 19.0 Å². The van der Waals surface area contributed by atoms with E-state index in [0.29, 0.717) is 30.3 Å². The van der Waals surface area contributed by atoms with E-state index >= 15 is 0 Å². The van der Waals surface area contributed by atoms with E-state index in [1.807, 2.05) is 12.1 Å². The molecule has 4 rings (SSSR count). The van der Waals surface area contributed by atoms with Gasteiger partial charge in [-0.2, -0.15) is 0 Å². The minimum atomic E-state index is -2.99. The van der Waals surface area contributed by atoms with Gasteiger partial charge in [-0.15, -0.1) is 0 Å². The first kappa shape index (κ1) is 17.5. The third-order valence-corrected chi connectivity index (χ3v) is 6.14. The van der Waals surface area contributed by atoms with Crippen LogP contribution in [-0.4, -0.2) is 48.6 Å². The summed E-state index contributed by atoms with van der Waals surface area (Å²) in [7, 11) is -2.99. The lowest BCUT2D eigenvalue weighted by Crippen LogP contribution is -2.25. The summed E-state index contributed by atoms with van der Waals surface area (Å²) in [6, 6.07) is 6.78. The van der Waals surface area contributed by atoms with Crippen molar-refractivity contribution in [3.8, 4) is 11.5 Å². The highest BCUT2D eigenvalue weighted by Gasteiger charge is 2.28. The molecule has 3 heterocycles. The summed E-state index contributed by atoms with van der Waals surface area (Å²) in [6.07, 6.45) is 1.80. The Morgan fingerprint density at radius 3 is 2.85 bits per heavy atom. The fraction of sp³-hybridized carbons (Fsp3) is 0.353. The van der Waals surface area contributed by atoms with Gasteiger partial charge in [-0.05, 0) is 24.1 Å². The Labute approximate surface area is 156 Å². The second-order valence-corrected chi connectivity index (χ2v) is 8.63. The second-order valence-electron chi connectivity index (χ2n) is 6.40. The maximum atomic E-state index is 12.4. The number of hydrogen-bond donors (Lipinski definition) is 2. The van der Waals surface area contributed by atoms with Gasteiger partial charge in [0.05, 0.1) is 11.5 Å². The van der Waals surface area contributed by atoms with E-state index in [-0.39, 0.29) is 35.9 Å². The van der Waals surface area contributed by atoms with Crippen molar-refractivity contribution < 1.29 is 22.7 Å². The second kappa shape index (κ2) is 7.03. The van der Waals surface area contributed by atoms with Crippen LogP contribution in [0.4, 0.5) is 5.82 Å². The van der Waals surface area contributed by atoms with E-state index in [1.165, 1.54) is 12.4 Å². The average molecular weight is 390 g/mol. The van der Waals surface area contributed by atoms with Gasteiger partial charge in [-0.25, -0.2) is 18.4 Å². The highest BCUT2D eigenvalue weighted by Crippen LogP contribution is 2.32. The van der Waals surface area contributed by atoms with Crippen molar-refractivity contribution in [1.29, 1.82) is 0 Å². The molecule has 27 heavy (non-hydrogen) atoms. The predicted octanol–water partition coefficient (Wildman–Crippen LogP) is 0.734. The molecular weight excluding hydrogens is 372 g/mol. The Morgan fingerprint density at radius 2 is 2.04 bits per heavy atom. The van der Waals surface area contributed by atoms with Gasteiger partial charge in [0.2, 0.25) is 6.79 Å². The number of amides is 1. The smallest absolute Gasteiger partial charge is 0.270 e. The number of hydrogen-bond acceptors (Lipinski definition) is 8. The van der Waals surface area contributed by atoms with Gasteiger partial charge in [0.1, 0.15) is 17.8 Å². The molecule has 0 aliphatic carbocycles. The molecule has 2 N–H and O–H groups in total. The fourth-order valence-corrected chi connectivity index (χ4v) is 4.68. The number of rotatable bonds is 5. The van der Waals surface area contributed by atoms with E-state index in [4.69, 9.17) is 9.47 Å². The summed E-state index contributed by atoms with van der Waals surface area (Å²) in [5, 5.41) is 5.84. The molecule has 1 unspecified atom stereocenters. The summed E-state index contributed by atoms with van der Waals surface area (Å²) >= 11 is 0. The Bertz CT molecular complexity index is 979. The topological polar surface area (TPSA) is 120 Å². The zero-order valence-electron chi connectivity index (χ0n) is 14.3. The third kappa shape index (κ3) is 4.11. The molecule has 0 radical (unpaired) electrons. The van der Waals surface area contributed by atoms with Gasteiger partial charge in [0.25, 0.3) is 5.91 Å². The largest absolute Gasteiger partial charge is 0.454 e. The molecule has 2 aliphatic rings. The molecule has 0 spiro atoms. The molecule has 1 aromatic carbocycles. The normalized spacial score (nSPS) is 19.6. The van der Waals surface area contributed by atoms with Crippen molar-refractivity contribution in [2.24, 2.45) is 0 Å². The van der Waals surface area contributed by atoms with Crippen LogP contribution in [0.2, 0.25) is 0 Å². The highest BCUT2D eigenvalue weighted by molar-refractivity contribution is 7.91. The van der Waals surface area contributed by atoms with Crippen molar-refractivity contribution in [3.05, 3.63) is 41.9 Å². The van der Waals surface area contributed by atoms with Crippen LogP contribution in [-0.2, 0) is 16.4 Å². The zero-order chi connectivity index (χ0) is 18.9. The Balaban J connectivity index is 1.37. The number of fused-ring (bicyclic) bond motifs is 1. The first-order chi connectivity index (χ1) is 13.0. The third-order valence-electron chi connectivity index (χ3n) is 4.37. The van der Waals surface area contributed by atoms with Crippen LogP contribution >= 0.6 is 0 Å². The quantitative estimate of drug-likeness (QED) is 0.767. The van der Waals surface area contributed by atoms with E-state index < -0.39 is 9.84 Å². The minimum Gasteiger partial charge on any atom is -0.454 e. The van der Waals surface area contributed by atoms with Crippen LogP contribution in [0.15, 0.2) is 30.6 Å².